The lowest BCUT2D eigenvalue weighted by molar-refractivity contribution is 0.263. The Morgan fingerprint density at radius 3 is 0.654 bits per heavy atom. The predicted molar refractivity (Wildman–Crippen MR) is 538 cm³/mol. The first-order valence-electron chi connectivity index (χ1n) is 50.3. The Labute approximate surface area is 759 Å². The zero-order chi connectivity index (χ0) is 87.0. The van der Waals surface area contributed by atoms with E-state index in [-0.39, 0.29) is 11.8 Å². The van der Waals surface area contributed by atoms with Crippen LogP contribution in [0.3, 0.4) is 0 Å². The zero-order valence-corrected chi connectivity index (χ0v) is 78.6. The topological polar surface area (TPSA) is 152 Å². The Bertz CT molecular complexity index is 5520. The summed E-state index contributed by atoms with van der Waals surface area (Å²) in [5.41, 5.74) is 24.1. The molecule has 0 amide bonds. The molecule has 0 saturated heterocycles. The summed E-state index contributed by atoms with van der Waals surface area (Å²) in [5, 5.41) is 8.26. The SMILES string of the molecule is CCCCCCCCCCCCOc1c(OCCCCCCCCCCCC)c2ccc3nc2c2nc(ccc12)-c1cccc2c(C)c([nH]c12)C1c2ccc(s2)C(c2[nH]c4c-3cccc4c2C)c2[nH]c3c(cccc3c2C)-c2ccc3c(OCCCCCCCCCCCC)c(OCCCCCCCCCCCC)c4ccc(nc4c3n2)-c2cccc3c(C)c1[nH]c23. The fraction of sp³-hybridized carbons (Fsp3) is 0.474. The monoisotopic (exact) mass is 1720 g/mol. The van der Waals surface area contributed by atoms with Gasteiger partial charge >= 0.3 is 0 Å². The van der Waals surface area contributed by atoms with Crippen LogP contribution in [0.1, 0.15) is 351 Å². The minimum atomic E-state index is -0.275. The second-order valence-corrected chi connectivity index (χ2v) is 38.6. The van der Waals surface area contributed by atoms with Gasteiger partial charge < -0.3 is 38.9 Å². The number of unbranched alkanes of at least 4 members (excludes halogenated alkanes) is 36. The molecule has 20 bridgehead atoms. The fourth-order valence-electron chi connectivity index (χ4n) is 21.0. The van der Waals surface area contributed by atoms with Crippen LogP contribution in [0, 0.1) is 27.7 Å². The molecule has 0 spiro atoms. The molecule has 12 nitrogen and oxygen atoms in total. The average molecular weight is 1720 g/mol. The Hall–Kier alpha value is -9.98. The summed E-state index contributed by atoms with van der Waals surface area (Å²) in [4.78, 5) is 43.3. The van der Waals surface area contributed by atoms with Crippen LogP contribution < -0.4 is 18.9 Å². The third-order valence-corrected chi connectivity index (χ3v) is 29.6. The highest BCUT2D eigenvalue weighted by atomic mass is 32.1. The molecular formula is C114H140N8O4S. The van der Waals surface area contributed by atoms with E-state index in [2.05, 4.69) is 209 Å². The Morgan fingerprint density at radius 2 is 0.441 bits per heavy atom. The van der Waals surface area contributed by atoms with Crippen LogP contribution in [0.5, 0.6) is 23.0 Å². The second kappa shape index (κ2) is 43.0. The molecule has 0 atom stereocenters. The van der Waals surface area contributed by atoms with E-state index in [1.807, 2.05) is 11.3 Å². The molecule has 4 N–H and O–H groups in total. The van der Waals surface area contributed by atoms with Crippen LogP contribution in [0.15, 0.2) is 133 Å². The molecule has 17 rings (SSSR count). The first-order chi connectivity index (χ1) is 62.6. The van der Waals surface area contributed by atoms with Crippen molar-refractivity contribution in [3.8, 4) is 68.0 Å². The zero-order valence-electron chi connectivity index (χ0n) is 77.8. The van der Waals surface area contributed by atoms with Crippen molar-refractivity contribution in [1.82, 2.24) is 39.9 Å². The number of hydrogen-bond donors (Lipinski definition) is 4. The smallest absolute Gasteiger partial charge is 0.171 e. The number of ether oxygens (including phenoxy) is 4. The van der Waals surface area contributed by atoms with E-state index in [0.717, 1.165) is 229 Å². The number of aryl methyl sites for hydroxylation is 4. The first kappa shape index (κ1) is 89.0. The summed E-state index contributed by atoms with van der Waals surface area (Å²) >= 11 is 1.91. The maximum atomic E-state index is 7.24. The number of nitrogens with one attached hydrogen (secondary N) is 4. The van der Waals surface area contributed by atoms with Gasteiger partial charge in [0.1, 0.15) is 22.1 Å². The fourth-order valence-corrected chi connectivity index (χ4v) is 22.3. The van der Waals surface area contributed by atoms with E-state index in [1.54, 1.807) is 0 Å². The summed E-state index contributed by atoms with van der Waals surface area (Å²) in [6.45, 7) is 20.9. The van der Waals surface area contributed by atoms with Crippen molar-refractivity contribution in [2.24, 2.45) is 0 Å². The number of pyridine rings is 4. The number of nitrogens with zero attached hydrogens (tertiary/aromatic N) is 4. The third-order valence-electron chi connectivity index (χ3n) is 28.4. The van der Waals surface area contributed by atoms with Gasteiger partial charge in [-0.2, -0.15) is 0 Å². The van der Waals surface area contributed by atoms with Gasteiger partial charge in [-0.05, 0) is 136 Å². The average Bonchev–Trinajstić information content (AvgIpc) is 1.68. The van der Waals surface area contributed by atoms with Crippen LogP contribution in [0.25, 0.3) is 132 Å². The number of H-pyrrole nitrogens is 4. The van der Waals surface area contributed by atoms with Crippen molar-refractivity contribution in [3.63, 3.8) is 0 Å². The highest BCUT2D eigenvalue weighted by molar-refractivity contribution is 7.12. The second-order valence-electron chi connectivity index (χ2n) is 37.5. The number of fused-ring (bicyclic) bond motifs is 16. The lowest BCUT2D eigenvalue weighted by Crippen LogP contribution is -2.07. The number of para-hydroxylation sites is 4. The number of aromatic nitrogens is 8. The predicted octanol–water partition coefficient (Wildman–Crippen LogP) is 34.0. The van der Waals surface area contributed by atoms with Crippen LogP contribution in [-0.2, 0) is 0 Å². The highest BCUT2D eigenvalue weighted by Crippen LogP contribution is 2.53. The molecule has 13 heteroatoms. The molecule has 9 aromatic heterocycles. The Balaban J connectivity index is 0.828. The van der Waals surface area contributed by atoms with Crippen LogP contribution in [0.4, 0.5) is 0 Å². The van der Waals surface area contributed by atoms with E-state index in [0.29, 0.717) is 26.4 Å². The van der Waals surface area contributed by atoms with Gasteiger partial charge in [-0.15, -0.1) is 11.3 Å². The molecule has 11 heterocycles. The van der Waals surface area contributed by atoms with Crippen molar-refractivity contribution in [3.05, 3.63) is 188 Å². The number of rotatable bonds is 48. The largest absolute Gasteiger partial charge is 0.489 e. The van der Waals surface area contributed by atoms with E-state index in [1.165, 1.54) is 237 Å². The maximum Gasteiger partial charge on any atom is 0.171 e. The van der Waals surface area contributed by atoms with Gasteiger partial charge in [-0.3, -0.25) is 0 Å². The molecule has 15 aromatic rings. The maximum absolute atomic E-state index is 7.24. The van der Waals surface area contributed by atoms with Crippen LogP contribution >= 0.6 is 11.3 Å². The van der Waals surface area contributed by atoms with E-state index >= 15 is 0 Å². The molecule has 0 aliphatic carbocycles. The molecule has 0 saturated carbocycles. The number of aromatic amines is 4. The number of hydrogen-bond acceptors (Lipinski definition) is 9. The molecule has 2 aliphatic heterocycles. The summed E-state index contributed by atoms with van der Waals surface area (Å²) < 4.78 is 29.0. The van der Waals surface area contributed by atoms with Crippen molar-refractivity contribution >= 4 is 98.6 Å². The van der Waals surface area contributed by atoms with Crippen LogP contribution in [0.2, 0.25) is 0 Å². The van der Waals surface area contributed by atoms with Gasteiger partial charge in [0.2, 0.25) is 0 Å². The molecule has 0 unspecified atom stereocenters. The number of thiophene rings is 1. The van der Waals surface area contributed by atoms with Gasteiger partial charge in [0.15, 0.2) is 23.0 Å². The van der Waals surface area contributed by atoms with E-state index in [9.17, 15) is 0 Å². The minimum absolute atomic E-state index is 0.275. The molecular weight excluding hydrogens is 1580 g/mol. The molecule has 6 aromatic carbocycles. The standard InChI is InChI=1S/C114H140N8O4S/c1-9-13-17-21-25-29-33-37-41-45-71-123-111-87-61-65-91-83-57-49-53-79-75(5)99(119-103(79)83)97-95-69-70-96(127-95)98(100-76(6)80-54-50-58-84(104(80)120-100)92-66-62-88(108(116-92)107(87)115-91)112(111)124-72-46-42-38-34-30-26-22-18-14-10-2)102-78(8)82-56-52-60-86(106(82)122-102)94-68-64-90-110(118-94)109-89(63-67-93(117-109)85-59-51-55-81-77(7)101(97)121-105(81)85)113(125-73-47-43-39-35-31-27-23-19-15-11-3)114(90)126-74-48-44-40-36-32-28-24-20-16-12-4/h49-70,97-98,119-122H,9-48,71-74H2,1-8H3. The van der Waals surface area contributed by atoms with Crippen molar-refractivity contribution in [1.29, 1.82) is 0 Å². The lowest BCUT2D eigenvalue weighted by atomic mass is 9.92. The lowest BCUT2D eigenvalue weighted by Gasteiger charge is -2.19. The first-order valence-corrected chi connectivity index (χ1v) is 51.1. The highest BCUT2D eigenvalue weighted by Gasteiger charge is 2.35. The van der Waals surface area contributed by atoms with Crippen molar-refractivity contribution < 1.29 is 18.9 Å². The van der Waals surface area contributed by atoms with Gasteiger partial charge in [-0.25, -0.2) is 19.9 Å². The van der Waals surface area contributed by atoms with Crippen molar-refractivity contribution in [2.75, 3.05) is 26.4 Å². The van der Waals surface area contributed by atoms with Gasteiger partial charge in [0.05, 0.1) is 83.1 Å². The van der Waals surface area contributed by atoms with Crippen LogP contribution in [-0.4, -0.2) is 66.3 Å². The third kappa shape index (κ3) is 19.4. The number of benzene rings is 6. The van der Waals surface area contributed by atoms with Crippen molar-refractivity contribution in [2.45, 2.75) is 324 Å². The van der Waals surface area contributed by atoms with Gasteiger partial charge in [0, 0.05) is 97.9 Å². The summed E-state index contributed by atoms with van der Waals surface area (Å²) in [6, 6.07) is 49.8. The Morgan fingerprint density at radius 1 is 0.236 bits per heavy atom. The molecule has 666 valence electrons. The quantitative estimate of drug-likeness (QED) is 0.0217. The molecule has 0 fully saturated rings. The van der Waals surface area contributed by atoms with E-state index in [4.69, 9.17) is 38.9 Å². The summed E-state index contributed by atoms with van der Waals surface area (Å²) in [6.07, 6.45) is 50.1. The van der Waals surface area contributed by atoms with Gasteiger partial charge in [-0.1, -0.05) is 332 Å². The Kier molecular flexibility index (Phi) is 30.1. The normalized spacial score (nSPS) is 13.6. The summed E-state index contributed by atoms with van der Waals surface area (Å²) in [5.74, 6) is 2.50. The minimum Gasteiger partial charge on any atom is -0.489 e. The molecule has 0 radical (unpaired) electrons. The summed E-state index contributed by atoms with van der Waals surface area (Å²) in [7, 11) is 0. The molecule has 2 aliphatic rings. The van der Waals surface area contributed by atoms with Gasteiger partial charge in [0.25, 0.3) is 0 Å². The van der Waals surface area contributed by atoms with E-state index < -0.39 is 0 Å². The molecule has 127 heavy (non-hydrogen) atoms.